The maximum atomic E-state index is 14.6. The number of para-hydroxylation sites is 1. The SMILES string of the molecule is Cc1ccc(CN(C(=O)CN(c2ccccc2)S(=O)(=O)c2ccc(Cl)cc2)[C@@H](Cc2ccccc2)C(=O)NC2CCCCC2)cc1. The number of hydrogen-bond acceptors (Lipinski definition) is 4. The number of aryl methyl sites for hydroxylation is 1. The minimum Gasteiger partial charge on any atom is -0.352 e. The molecule has 5 rings (SSSR count). The van der Waals surface area contributed by atoms with Crippen molar-refractivity contribution in [3.8, 4) is 0 Å². The zero-order valence-electron chi connectivity index (χ0n) is 26.0. The summed E-state index contributed by atoms with van der Waals surface area (Å²) in [7, 11) is -4.18. The minimum absolute atomic E-state index is 0.00881. The molecule has 240 valence electrons. The van der Waals surface area contributed by atoms with Gasteiger partial charge in [0.15, 0.2) is 0 Å². The number of nitrogens with zero attached hydrogens (tertiary/aromatic N) is 2. The Hall–Kier alpha value is -4.14. The molecule has 0 unspecified atom stereocenters. The van der Waals surface area contributed by atoms with Gasteiger partial charge in [0, 0.05) is 24.0 Å². The van der Waals surface area contributed by atoms with E-state index in [9.17, 15) is 18.0 Å². The molecule has 4 aromatic rings. The average molecular weight is 658 g/mol. The highest BCUT2D eigenvalue weighted by molar-refractivity contribution is 7.92. The van der Waals surface area contributed by atoms with E-state index in [2.05, 4.69) is 5.32 Å². The molecular weight excluding hydrogens is 618 g/mol. The number of hydrogen-bond donors (Lipinski definition) is 1. The van der Waals surface area contributed by atoms with Gasteiger partial charge in [0.25, 0.3) is 10.0 Å². The van der Waals surface area contributed by atoms with Gasteiger partial charge in [0.2, 0.25) is 11.8 Å². The number of anilines is 1. The predicted molar refractivity (Wildman–Crippen MR) is 183 cm³/mol. The van der Waals surface area contributed by atoms with Gasteiger partial charge in [0.1, 0.15) is 12.6 Å². The predicted octanol–water partition coefficient (Wildman–Crippen LogP) is 6.93. The first-order chi connectivity index (χ1) is 22.2. The Kier molecular flexibility index (Phi) is 11.1. The number of carbonyl (C=O) groups is 2. The van der Waals surface area contributed by atoms with Crippen LogP contribution in [0, 0.1) is 6.92 Å². The van der Waals surface area contributed by atoms with Gasteiger partial charge in [-0.05, 0) is 67.3 Å². The summed E-state index contributed by atoms with van der Waals surface area (Å²) in [6.07, 6.45) is 5.33. The van der Waals surface area contributed by atoms with Crippen LogP contribution in [0.5, 0.6) is 0 Å². The van der Waals surface area contributed by atoms with Gasteiger partial charge >= 0.3 is 0 Å². The van der Waals surface area contributed by atoms with Gasteiger partial charge in [0.05, 0.1) is 10.6 Å². The van der Waals surface area contributed by atoms with Crippen molar-refractivity contribution in [3.05, 3.63) is 131 Å². The lowest BCUT2D eigenvalue weighted by Crippen LogP contribution is -2.55. The summed E-state index contributed by atoms with van der Waals surface area (Å²) < 4.78 is 29.3. The topological polar surface area (TPSA) is 86.8 Å². The van der Waals surface area contributed by atoms with E-state index >= 15 is 0 Å². The molecule has 0 bridgehead atoms. The van der Waals surface area contributed by atoms with Gasteiger partial charge in [-0.2, -0.15) is 0 Å². The highest BCUT2D eigenvalue weighted by Gasteiger charge is 2.35. The Bertz CT molecular complexity index is 1690. The molecule has 1 atom stereocenters. The van der Waals surface area contributed by atoms with Crippen LogP contribution in [0.1, 0.15) is 48.8 Å². The average Bonchev–Trinajstić information content (AvgIpc) is 3.07. The fourth-order valence-electron chi connectivity index (χ4n) is 5.85. The minimum atomic E-state index is -4.18. The maximum absolute atomic E-state index is 14.6. The number of halogens is 1. The van der Waals surface area contributed by atoms with Crippen LogP contribution in [0.4, 0.5) is 5.69 Å². The van der Waals surface area contributed by atoms with Crippen molar-refractivity contribution in [2.45, 2.75) is 69.0 Å². The lowest BCUT2D eigenvalue weighted by atomic mass is 9.94. The molecule has 2 amide bonds. The standard InChI is InChI=1S/C37H40ClN3O4S/c1-28-17-19-30(20-18-28)26-40(35(25-29-11-5-2-6-12-29)37(43)39-32-13-7-3-8-14-32)36(42)27-41(33-15-9-4-10-16-33)46(44,45)34-23-21-31(38)22-24-34/h2,4-6,9-12,15-24,32,35H,3,7-8,13-14,25-27H2,1H3,(H,39,43)/t35-/m0/s1. The summed E-state index contributed by atoms with van der Waals surface area (Å²) in [5, 5.41) is 3.64. The summed E-state index contributed by atoms with van der Waals surface area (Å²) in [5.41, 5.74) is 3.16. The molecule has 7 nitrogen and oxygen atoms in total. The number of rotatable bonds is 12. The van der Waals surface area contributed by atoms with Gasteiger partial charge in [-0.3, -0.25) is 13.9 Å². The van der Waals surface area contributed by atoms with Gasteiger partial charge in [-0.15, -0.1) is 0 Å². The quantitative estimate of drug-likeness (QED) is 0.179. The maximum Gasteiger partial charge on any atom is 0.264 e. The van der Waals surface area contributed by atoms with Crippen LogP contribution < -0.4 is 9.62 Å². The third-order valence-electron chi connectivity index (χ3n) is 8.42. The molecule has 0 radical (unpaired) electrons. The monoisotopic (exact) mass is 657 g/mol. The molecule has 1 aliphatic rings. The summed E-state index contributed by atoms with van der Waals surface area (Å²) in [4.78, 5) is 30.3. The Morgan fingerprint density at radius 3 is 2.04 bits per heavy atom. The Morgan fingerprint density at radius 2 is 1.41 bits per heavy atom. The van der Waals surface area contributed by atoms with Crippen molar-refractivity contribution in [1.29, 1.82) is 0 Å². The Balaban J connectivity index is 1.54. The normalized spacial score (nSPS) is 14.3. The van der Waals surface area contributed by atoms with Crippen LogP contribution >= 0.6 is 11.6 Å². The van der Waals surface area contributed by atoms with Gasteiger partial charge in [-0.1, -0.05) is 109 Å². The van der Waals surface area contributed by atoms with E-state index in [-0.39, 0.29) is 29.8 Å². The van der Waals surface area contributed by atoms with Crippen molar-refractivity contribution >= 4 is 39.1 Å². The molecule has 1 N–H and O–H groups in total. The fourth-order valence-corrected chi connectivity index (χ4v) is 7.39. The van der Waals surface area contributed by atoms with E-state index in [0.717, 1.165) is 53.1 Å². The summed E-state index contributed by atoms with van der Waals surface area (Å²) in [6, 6.07) is 31.0. The lowest BCUT2D eigenvalue weighted by Gasteiger charge is -2.35. The summed E-state index contributed by atoms with van der Waals surface area (Å²) in [5.74, 6) is -0.718. The Labute approximate surface area is 277 Å². The van der Waals surface area contributed by atoms with Crippen LogP contribution in [-0.4, -0.2) is 43.8 Å². The number of sulfonamides is 1. The molecule has 1 fully saturated rings. The number of nitrogens with one attached hydrogen (secondary N) is 1. The molecule has 0 heterocycles. The lowest BCUT2D eigenvalue weighted by molar-refractivity contribution is -0.140. The molecule has 1 aliphatic carbocycles. The third kappa shape index (κ3) is 8.56. The van der Waals surface area contributed by atoms with Crippen LogP contribution in [-0.2, 0) is 32.6 Å². The molecule has 0 spiro atoms. The molecular formula is C37H40ClN3O4S. The molecule has 0 saturated heterocycles. The number of amides is 2. The second-order valence-corrected chi connectivity index (χ2v) is 14.2. The van der Waals surface area contributed by atoms with E-state index in [1.165, 1.54) is 24.3 Å². The van der Waals surface area contributed by atoms with E-state index in [1.54, 1.807) is 35.2 Å². The molecule has 0 aliphatic heterocycles. The first-order valence-corrected chi connectivity index (χ1v) is 17.6. The summed E-state index contributed by atoms with van der Waals surface area (Å²) in [6.45, 7) is 1.63. The van der Waals surface area contributed by atoms with Crippen LogP contribution in [0.15, 0.2) is 114 Å². The molecule has 0 aromatic heterocycles. The first-order valence-electron chi connectivity index (χ1n) is 15.7. The van der Waals surface area contributed by atoms with Crippen molar-refractivity contribution in [2.24, 2.45) is 0 Å². The fraction of sp³-hybridized carbons (Fsp3) is 0.297. The molecule has 46 heavy (non-hydrogen) atoms. The zero-order chi connectivity index (χ0) is 32.5. The highest BCUT2D eigenvalue weighted by Crippen LogP contribution is 2.26. The van der Waals surface area contributed by atoms with E-state index < -0.39 is 28.5 Å². The largest absolute Gasteiger partial charge is 0.352 e. The van der Waals surface area contributed by atoms with E-state index in [0.29, 0.717) is 10.7 Å². The van der Waals surface area contributed by atoms with E-state index in [1.807, 2.05) is 61.5 Å². The van der Waals surface area contributed by atoms with E-state index in [4.69, 9.17) is 11.6 Å². The number of benzene rings is 4. The molecule has 9 heteroatoms. The summed E-state index contributed by atoms with van der Waals surface area (Å²) >= 11 is 6.06. The Morgan fingerprint density at radius 1 is 0.804 bits per heavy atom. The first kappa shape index (κ1) is 33.2. The second-order valence-electron chi connectivity index (χ2n) is 11.9. The second kappa shape index (κ2) is 15.4. The molecule has 4 aromatic carbocycles. The van der Waals surface area contributed by atoms with Crippen molar-refractivity contribution in [2.75, 3.05) is 10.8 Å². The van der Waals surface area contributed by atoms with Crippen LogP contribution in [0.3, 0.4) is 0 Å². The smallest absolute Gasteiger partial charge is 0.264 e. The highest BCUT2D eigenvalue weighted by atomic mass is 35.5. The van der Waals surface area contributed by atoms with Crippen molar-refractivity contribution in [3.63, 3.8) is 0 Å². The molecule has 1 saturated carbocycles. The van der Waals surface area contributed by atoms with Crippen LogP contribution in [0.2, 0.25) is 5.02 Å². The third-order valence-corrected chi connectivity index (χ3v) is 10.5. The van der Waals surface area contributed by atoms with Crippen LogP contribution in [0.25, 0.3) is 0 Å². The number of carbonyl (C=O) groups excluding carboxylic acids is 2. The van der Waals surface area contributed by atoms with Crippen molar-refractivity contribution < 1.29 is 18.0 Å². The van der Waals surface area contributed by atoms with Crippen molar-refractivity contribution in [1.82, 2.24) is 10.2 Å². The van der Waals surface area contributed by atoms with Gasteiger partial charge in [-0.25, -0.2) is 8.42 Å². The zero-order valence-corrected chi connectivity index (χ0v) is 27.6. The van der Waals surface area contributed by atoms with Gasteiger partial charge < -0.3 is 10.2 Å².